The van der Waals surface area contributed by atoms with Gasteiger partial charge in [0.05, 0.1) is 0 Å². The second-order valence-electron chi connectivity index (χ2n) is 5.17. The number of hydrogen-bond donors (Lipinski definition) is 2. The summed E-state index contributed by atoms with van der Waals surface area (Å²) in [5, 5.41) is 2.91. The molecule has 0 aliphatic carbocycles. The molecule has 1 heterocycles. The number of aryl methyl sites for hydroxylation is 1. The Morgan fingerprint density at radius 3 is 2.78 bits per heavy atom. The molecule has 0 spiro atoms. The number of nitrogens with one attached hydrogen (secondary N) is 1. The Kier molecular flexibility index (Phi) is 5.78. The van der Waals surface area contributed by atoms with Crippen molar-refractivity contribution in [2.24, 2.45) is 17.6 Å². The Morgan fingerprint density at radius 2 is 2.22 bits per heavy atom. The molecule has 1 amide bonds. The lowest BCUT2D eigenvalue weighted by molar-refractivity contribution is -0.117. The van der Waals surface area contributed by atoms with Crippen LogP contribution >= 0.6 is 0 Å². The minimum Gasteiger partial charge on any atom is -0.330 e. The maximum Gasteiger partial charge on any atom is 0.224 e. The molecule has 0 fully saturated rings. The van der Waals surface area contributed by atoms with Crippen LogP contribution in [0.2, 0.25) is 0 Å². The first kappa shape index (κ1) is 14.6. The zero-order valence-corrected chi connectivity index (χ0v) is 11.4. The maximum absolute atomic E-state index is 11.9. The van der Waals surface area contributed by atoms with Crippen molar-refractivity contribution in [3.8, 4) is 0 Å². The first-order valence-corrected chi connectivity index (χ1v) is 6.43. The molecule has 0 saturated heterocycles. The molecule has 0 radical (unpaired) electrons. The van der Waals surface area contributed by atoms with Crippen LogP contribution in [0.15, 0.2) is 18.5 Å². The molecule has 0 saturated carbocycles. The van der Waals surface area contributed by atoms with E-state index in [-0.39, 0.29) is 11.8 Å². The van der Waals surface area contributed by atoms with E-state index in [0.717, 1.165) is 17.7 Å². The summed E-state index contributed by atoms with van der Waals surface area (Å²) in [4.78, 5) is 15.9. The number of pyridine rings is 1. The molecular formula is C14H23N3O. The average Bonchev–Trinajstić information content (AvgIpc) is 2.30. The van der Waals surface area contributed by atoms with Crippen LogP contribution in [0.4, 0.5) is 5.69 Å². The van der Waals surface area contributed by atoms with E-state index in [1.165, 1.54) is 0 Å². The van der Waals surface area contributed by atoms with Gasteiger partial charge in [0.15, 0.2) is 0 Å². The lowest BCUT2D eigenvalue weighted by Crippen LogP contribution is -2.23. The number of rotatable bonds is 6. The van der Waals surface area contributed by atoms with Crippen LogP contribution in [0, 0.1) is 18.8 Å². The van der Waals surface area contributed by atoms with Gasteiger partial charge in [-0.3, -0.25) is 9.78 Å². The summed E-state index contributed by atoms with van der Waals surface area (Å²) in [6.07, 6.45) is 4.89. The van der Waals surface area contributed by atoms with Crippen molar-refractivity contribution in [1.29, 1.82) is 0 Å². The van der Waals surface area contributed by atoms with Crippen molar-refractivity contribution in [2.45, 2.75) is 33.6 Å². The minimum absolute atomic E-state index is 0.0281. The Balaban J connectivity index is 2.53. The number of carbonyl (C=O) groups excluding carboxylic acids is 1. The highest BCUT2D eigenvalue weighted by molar-refractivity contribution is 5.91. The summed E-state index contributed by atoms with van der Waals surface area (Å²) in [6.45, 7) is 6.78. The molecular weight excluding hydrogens is 226 g/mol. The quantitative estimate of drug-likeness (QED) is 0.813. The topological polar surface area (TPSA) is 68.0 Å². The predicted octanol–water partition coefficient (Wildman–Crippen LogP) is 2.34. The largest absolute Gasteiger partial charge is 0.330 e. The van der Waals surface area contributed by atoms with E-state index in [9.17, 15) is 4.79 Å². The van der Waals surface area contributed by atoms with Crippen LogP contribution in [0.3, 0.4) is 0 Å². The maximum atomic E-state index is 11.9. The van der Waals surface area contributed by atoms with E-state index in [1.807, 2.05) is 13.0 Å². The second-order valence-corrected chi connectivity index (χ2v) is 5.17. The van der Waals surface area contributed by atoms with E-state index < -0.39 is 0 Å². The van der Waals surface area contributed by atoms with Gasteiger partial charge in [-0.2, -0.15) is 0 Å². The van der Waals surface area contributed by atoms with Crippen LogP contribution < -0.4 is 11.1 Å². The number of nitrogens with two attached hydrogens (primary N) is 1. The molecule has 4 heteroatoms. The van der Waals surface area contributed by atoms with Gasteiger partial charge in [0.2, 0.25) is 5.91 Å². The van der Waals surface area contributed by atoms with E-state index in [4.69, 9.17) is 5.73 Å². The van der Waals surface area contributed by atoms with Crippen LogP contribution in [-0.4, -0.2) is 17.4 Å². The molecule has 3 N–H and O–H groups in total. The van der Waals surface area contributed by atoms with Gasteiger partial charge in [-0.05, 0) is 43.4 Å². The van der Waals surface area contributed by atoms with Crippen molar-refractivity contribution in [1.82, 2.24) is 4.98 Å². The zero-order chi connectivity index (χ0) is 13.5. The molecule has 1 aromatic heterocycles. The molecule has 1 rings (SSSR count). The Hall–Kier alpha value is -1.42. The normalized spacial score (nSPS) is 12.5. The standard InChI is InChI=1S/C14H23N3O/c1-10(2)6-12(8-15)7-14(18)17-13-4-5-16-9-11(13)3/h4-5,9-10,12H,6-8,15H2,1-3H3,(H,16,17,18)/t12-/m0/s1. The van der Waals surface area contributed by atoms with E-state index in [2.05, 4.69) is 24.1 Å². The average molecular weight is 249 g/mol. The van der Waals surface area contributed by atoms with Gasteiger partial charge in [0, 0.05) is 24.5 Å². The van der Waals surface area contributed by atoms with Gasteiger partial charge in [0.25, 0.3) is 0 Å². The molecule has 0 aliphatic heterocycles. The number of hydrogen-bond acceptors (Lipinski definition) is 3. The SMILES string of the molecule is Cc1cnccc1NC(=O)C[C@@H](CN)CC(C)C. The molecule has 0 bridgehead atoms. The van der Waals surface area contributed by atoms with E-state index in [0.29, 0.717) is 18.9 Å². The van der Waals surface area contributed by atoms with E-state index >= 15 is 0 Å². The predicted molar refractivity (Wildman–Crippen MR) is 74.2 cm³/mol. The van der Waals surface area contributed by atoms with Crippen molar-refractivity contribution < 1.29 is 4.79 Å². The lowest BCUT2D eigenvalue weighted by Gasteiger charge is -2.17. The van der Waals surface area contributed by atoms with Gasteiger partial charge in [-0.15, -0.1) is 0 Å². The minimum atomic E-state index is 0.0281. The van der Waals surface area contributed by atoms with Crippen LogP contribution in [0.5, 0.6) is 0 Å². The third-order valence-electron chi connectivity index (χ3n) is 2.91. The Bertz CT molecular complexity index is 390. The van der Waals surface area contributed by atoms with Gasteiger partial charge in [-0.25, -0.2) is 0 Å². The Morgan fingerprint density at radius 1 is 1.50 bits per heavy atom. The third kappa shape index (κ3) is 4.84. The second kappa shape index (κ2) is 7.11. The summed E-state index contributed by atoms with van der Waals surface area (Å²) >= 11 is 0. The molecule has 0 unspecified atom stereocenters. The summed E-state index contributed by atoms with van der Waals surface area (Å²) in [6, 6.07) is 1.81. The molecule has 18 heavy (non-hydrogen) atoms. The first-order chi connectivity index (χ1) is 8.52. The summed E-state index contributed by atoms with van der Waals surface area (Å²) < 4.78 is 0. The molecule has 0 aromatic carbocycles. The van der Waals surface area contributed by atoms with Crippen LogP contribution in [0.25, 0.3) is 0 Å². The number of aromatic nitrogens is 1. The number of anilines is 1. The molecule has 1 atom stereocenters. The van der Waals surface area contributed by atoms with Gasteiger partial charge >= 0.3 is 0 Å². The van der Waals surface area contributed by atoms with Gasteiger partial charge in [0.1, 0.15) is 0 Å². The fourth-order valence-electron chi connectivity index (χ4n) is 2.01. The molecule has 0 aliphatic rings. The first-order valence-electron chi connectivity index (χ1n) is 6.43. The van der Waals surface area contributed by atoms with E-state index in [1.54, 1.807) is 12.4 Å². The highest BCUT2D eigenvalue weighted by Gasteiger charge is 2.14. The highest BCUT2D eigenvalue weighted by Crippen LogP contribution is 2.17. The number of carbonyl (C=O) groups is 1. The van der Waals surface area contributed by atoms with Crippen molar-refractivity contribution >= 4 is 11.6 Å². The van der Waals surface area contributed by atoms with Gasteiger partial charge < -0.3 is 11.1 Å². The molecule has 4 nitrogen and oxygen atoms in total. The monoisotopic (exact) mass is 249 g/mol. The summed E-state index contributed by atoms with van der Waals surface area (Å²) in [5.74, 6) is 0.849. The number of amides is 1. The third-order valence-corrected chi connectivity index (χ3v) is 2.91. The van der Waals surface area contributed by atoms with Gasteiger partial charge in [-0.1, -0.05) is 13.8 Å². The molecule has 1 aromatic rings. The van der Waals surface area contributed by atoms with Crippen LogP contribution in [-0.2, 0) is 4.79 Å². The molecule has 100 valence electrons. The zero-order valence-electron chi connectivity index (χ0n) is 11.4. The van der Waals surface area contributed by atoms with Crippen molar-refractivity contribution in [3.05, 3.63) is 24.0 Å². The highest BCUT2D eigenvalue weighted by atomic mass is 16.1. The van der Waals surface area contributed by atoms with Crippen LogP contribution in [0.1, 0.15) is 32.3 Å². The summed E-state index contributed by atoms with van der Waals surface area (Å²) in [5.41, 5.74) is 7.50. The smallest absolute Gasteiger partial charge is 0.224 e. The summed E-state index contributed by atoms with van der Waals surface area (Å²) in [7, 11) is 0. The van der Waals surface area contributed by atoms with Crippen molar-refractivity contribution in [3.63, 3.8) is 0 Å². The fourth-order valence-corrected chi connectivity index (χ4v) is 2.01. The number of nitrogens with zero attached hydrogens (tertiary/aromatic N) is 1. The Labute approximate surface area is 109 Å². The lowest BCUT2D eigenvalue weighted by atomic mass is 9.94. The fraction of sp³-hybridized carbons (Fsp3) is 0.571. The van der Waals surface area contributed by atoms with Crippen molar-refractivity contribution in [2.75, 3.05) is 11.9 Å².